The summed E-state index contributed by atoms with van der Waals surface area (Å²) in [5.74, 6) is 0.994. The number of nitrogens with zero attached hydrogens (tertiary/aromatic N) is 3. The number of nitrogens with one attached hydrogen (secondary N) is 1. The largest absolute Gasteiger partial charge is 0.338 e. The molecule has 2 heterocycles. The van der Waals surface area contributed by atoms with Gasteiger partial charge in [0.05, 0.1) is 0 Å². The zero-order valence-electron chi connectivity index (χ0n) is 12.7. The molecule has 0 bridgehead atoms. The van der Waals surface area contributed by atoms with Crippen LogP contribution in [0, 0.1) is 0 Å². The molecule has 2 rings (SSSR count). The Morgan fingerprint density at radius 2 is 2.48 bits per heavy atom. The highest BCUT2D eigenvalue weighted by Crippen LogP contribution is 2.20. The highest BCUT2D eigenvalue weighted by Gasteiger charge is 2.24. The van der Waals surface area contributed by atoms with E-state index in [-0.39, 0.29) is 6.03 Å². The Bertz CT molecular complexity index is 425. The first-order chi connectivity index (χ1) is 10.2. The number of likely N-dealkylation sites (N-methyl/N-ethyl adjacent to an activating group) is 1. The van der Waals surface area contributed by atoms with Crippen molar-refractivity contribution in [2.75, 3.05) is 39.5 Å². The third kappa shape index (κ3) is 5.48. The van der Waals surface area contributed by atoms with E-state index in [9.17, 15) is 4.79 Å². The fourth-order valence-corrected chi connectivity index (χ4v) is 4.03. The molecule has 1 aliphatic heterocycles. The van der Waals surface area contributed by atoms with Crippen LogP contribution in [-0.2, 0) is 0 Å². The molecule has 1 N–H and O–H groups in total. The normalized spacial score (nSPS) is 19.0. The zero-order valence-corrected chi connectivity index (χ0v) is 14.4. The predicted molar refractivity (Wildman–Crippen MR) is 89.1 cm³/mol. The van der Waals surface area contributed by atoms with Crippen molar-refractivity contribution in [1.82, 2.24) is 20.1 Å². The van der Waals surface area contributed by atoms with Gasteiger partial charge in [-0.2, -0.15) is 0 Å². The minimum absolute atomic E-state index is 0.0841. The number of amides is 2. The van der Waals surface area contributed by atoms with Crippen molar-refractivity contribution >= 4 is 29.1 Å². The quantitative estimate of drug-likeness (QED) is 0.643. The highest BCUT2D eigenvalue weighted by atomic mass is 32.2. The van der Waals surface area contributed by atoms with E-state index in [4.69, 9.17) is 0 Å². The summed E-state index contributed by atoms with van der Waals surface area (Å²) in [6.07, 6.45) is 5.07. The summed E-state index contributed by atoms with van der Waals surface area (Å²) in [6.45, 7) is 2.46. The van der Waals surface area contributed by atoms with Crippen molar-refractivity contribution in [2.45, 2.75) is 29.6 Å². The maximum Gasteiger partial charge on any atom is 0.317 e. The van der Waals surface area contributed by atoms with Crippen LogP contribution in [0.4, 0.5) is 4.79 Å². The number of hydrogen-bond donors (Lipinski definition) is 1. The molecule has 0 aromatic carbocycles. The highest BCUT2D eigenvalue weighted by molar-refractivity contribution is 8.00. The average Bonchev–Trinajstić information content (AvgIpc) is 3.00. The van der Waals surface area contributed by atoms with E-state index in [1.54, 1.807) is 23.1 Å². The van der Waals surface area contributed by atoms with Crippen LogP contribution in [-0.4, -0.2) is 66.3 Å². The van der Waals surface area contributed by atoms with E-state index in [1.807, 2.05) is 16.5 Å². The lowest BCUT2D eigenvalue weighted by atomic mass is 10.1. The number of aromatic nitrogens is 1. The SMILES string of the molecule is CN(C)[C@H]1CCCN(C(=O)NCCCSc2nccs2)C1. The molecule has 1 atom stereocenters. The molecule has 7 heteroatoms. The Morgan fingerprint density at radius 3 is 3.19 bits per heavy atom. The molecule has 0 aliphatic carbocycles. The third-order valence-corrected chi connectivity index (χ3v) is 5.70. The van der Waals surface area contributed by atoms with Crippen molar-refractivity contribution in [3.05, 3.63) is 11.6 Å². The van der Waals surface area contributed by atoms with Crippen LogP contribution in [0.25, 0.3) is 0 Å². The molecule has 1 saturated heterocycles. The molecule has 2 amide bonds. The molecular formula is C14H24N4OS2. The lowest BCUT2D eigenvalue weighted by Crippen LogP contribution is -2.50. The molecule has 0 spiro atoms. The van der Waals surface area contributed by atoms with Gasteiger partial charge in [0.15, 0.2) is 0 Å². The van der Waals surface area contributed by atoms with E-state index < -0.39 is 0 Å². The van der Waals surface area contributed by atoms with Crippen LogP contribution in [0.3, 0.4) is 0 Å². The second-order valence-corrected chi connectivity index (χ2v) is 7.67. The maximum absolute atomic E-state index is 12.1. The number of urea groups is 1. The van der Waals surface area contributed by atoms with Gasteiger partial charge in [0, 0.05) is 43.0 Å². The fourth-order valence-electron chi connectivity index (χ4n) is 2.38. The first-order valence-electron chi connectivity index (χ1n) is 7.38. The smallest absolute Gasteiger partial charge is 0.317 e. The van der Waals surface area contributed by atoms with Gasteiger partial charge in [-0.3, -0.25) is 0 Å². The number of rotatable bonds is 6. The zero-order chi connectivity index (χ0) is 15.1. The second-order valence-electron chi connectivity index (χ2n) is 5.44. The summed E-state index contributed by atoms with van der Waals surface area (Å²) in [5, 5.41) is 5.02. The van der Waals surface area contributed by atoms with Gasteiger partial charge in [-0.05, 0) is 33.4 Å². The Labute approximate surface area is 135 Å². The molecule has 1 aliphatic rings. The Kier molecular flexibility index (Phi) is 6.79. The van der Waals surface area contributed by atoms with E-state index >= 15 is 0 Å². The summed E-state index contributed by atoms with van der Waals surface area (Å²) in [4.78, 5) is 20.5. The van der Waals surface area contributed by atoms with Crippen LogP contribution in [0.1, 0.15) is 19.3 Å². The summed E-state index contributed by atoms with van der Waals surface area (Å²) in [5.41, 5.74) is 0. The molecule has 0 saturated carbocycles. The van der Waals surface area contributed by atoms with Crippen LogP contribution in [0.5, 0.6) is 0 Å². The first kappa shape index (κ1) is 16.6. The third-order valence-electron chi connectivity index (χ3n) is 3.65. The number of carbonyl (C=O) groups is 1. The van der Waals surface area contributed by atoms with Crippen LogP contribution >= 0.6 is 23.1 Å². The molecule has 1 aromatic heterocycles. The van der Waals surface area contributed by atoms with E-state index in [0.29, 0.717) is 6.04 Å². The van der Waals surface area contributed by atoms with Crippen LogP contribution < -0.4 is 5.32 Å². The molecule has 0 radical (unpaired) electrons. The summed E-state index contributed by atoms with van der Waals surface area (Å²) in [7, 11) is 4.17. The van der Waals surface area contributed by atoms with Crippen molar-refractivity contribution in [1.29, 1.82) is 0 Å². The van der Waals surface area contributed by atoms with Gasteiger partial charge in [0.1, 0.15) is 4.34 Å². The summed E-state index contributed by atoms with van der Waals surface area (Å²) < 4.78 is 1.10. The van der Waals surface area contributed by atoms with Gasteiger partial charge in [-0.25, -0.2) is 9.78 Å². The van der Waals surface area contributed by atoms with Crippen molar-refractivity contribution in [2.24, 2.45) is 0 Å². The van der Waals surface area contributed by atoms with Gasteiger partial charge < -0.3 is 15.1 Å². The minimum Gasteiger partial charge on any atom is -0.338 e. The van der Waals surface area contributed by atoms with Gasteiger partial charge in [0.2, 0.25) is 0 Å². The van der Waals surface area contributed by atoms with Crippen LogP contribution in [0.2, 0.25) is 0 Å². The Hall–Kier alpha value is -0.790. The molecular weight excluding hydrogens is 304 g/mol. The number of hydrogen-bond acceptors (Lipinski definition) is 5. The average molecular weight is 329 g/mol. The van der Waals surface area contributed by atoms with Crippen molar-refractivity contribution in [3.8, 4) is 0 Å². The van der Waals surface area contributed by atoms with E-state index in [0.717, 1.165) is 42.6 Å². The summed E-state index contributed by atoms with van der Waals surface area (Å²) >= 11 is 3.42. The molecule has 21 heavy (non-hydrogen) atoms. The number of likely N-dealkylation sites (tertiary alicyclic amines) is 1. The van der Waals surface area contributed by atoms with E-state index in [2.05, 4.69) is 29.3 Å². The number of thioether (sulfide) groups is 1. The van der Waals surface area contributed by atoms with Gasteiger partial charge in [0.25, 0.3) is 0 Å². The lowest BCUT2D eigenvalue weighted by Gasteiger charge is -2.36. The molecule has 118 valence electrons. The van der Waals surface area contributed by atoms with Gasteiger partial charge in [-0.15, -0.1) is 11.3 Å². The first-order valence-corrected chi connectivity index (χ1v) is 9.25. The topological polar surface area (TPSA) is 48.5 Å². The molecule has 5 nitrogen and oxygen atoms in total. The van der Waals surface area contributed by atoms with Gasteiger partial charge in [-0.1, -0.05) is 11.8 Å². The number of thiazole rings is 1. The molecule has 1 fully saturated rings. The minimum atomic E-state index is 0.0841. The Morgan fingerprint density at radius 1 is 1.62 bits per heavy atom. The number of piperidine rings is 1. The fraction of sp³-hybridized carbons (Fsp3) is 0.714. The second kappa shape index (κ2) is 8.60. The predicted octanol–water partition coefficient (Wildman–Crippen LogP) is 2.36. The molecule has 0 unspecified atom stereocenters. The Balaban J connectivity index is 1.60. The monoisotopic (exact) mass is 328 g/mol. The number of carbonyl (C=O) groups excluding carboxylic acids is 1. The van der Waals surface area contributed by atoms with Crippen LogP contribution in [0.15, 0.2) is 15.9 Å². The van der Waals surface area contributed by atoms with E-state index in [1.165, 1.54) is 6.42 Å². The maximum atomic E-state index is 12.1. The van der Waals surface area contributed by atoms with Gasteiger partial charge >= 0.3 is 6.03 Å². The van der Waals surface area contributed by atoms with Crippen molar-refractivity contribution in [3.63, 3.8) is 0 Å². The summed E-state index contributed by atoms with van der Waals surface area (Å²) in [6, 6.07) is 0.575. The molecule has 1 aromatic rings. The lowest BCUT2D eigenvalue weighted by molar-refractivity contribution is 0.140. The standard InChI is InChI=1S/C14H24N4OS2/c1-17(2)12-5-3-8-18(11-12)13(19)15-6-4-9-20-14-16-7-10-21-14/h7,10,12H,3-6,8-9,11H2,1-2H3,(H,15,19)/t12-/m0/s1. The van der Waals surface area contributed by atoms with Crippen molar-refractivity contribution < 1.29 is 4.79 Å².